The second-order valence-corrected chi connectivity index (χ2v) is 7.27. The lowest BCUT2D eigenvalue weighted by atomic mass is 9.71. The maximum absolute atomic E-state index is 13.2. The molecule has 28 heavy (non-hydrogen) atoms. The van der Waals surface area contributed by atoms with Gasteiger partial charge in [0, 0.05) is 33.7 Å². The van der Waals surface area contributed by atoms with E-state index < -0.39 is 42.1 Å². The molecule has 2 unspecified atom stereocenters. The number of amides is 1. The van der Waals surface area contributed by atoms with Crippen molar-refractivity contribution in [2.75, 3.05) is 4.90 Å². The first-order chi connectivity index (χ1) is 13.2. The number of phenolic OH excluding ortho intramolecular Hbond substituents is 1. The van der Waals surface area contributed by atoms with Gasteiger partial charge in [0.2, 0.25) is 0 Å². The molecule has 1 aliphatic heterocycles. The zero-order chi connectivity index (χ0) is 20.6. The molecule has 2 N–H and O–H groups in total. The lowest BCUT2D eigenvalue weighted by molar-refractivity contribution is -0.307. The van der Waals surface area contributed by atoms with Gasteiger partial charge in [-0.05, 0) is 61.4 Å². The molecule has 146 valence electrons. The van der Waals surface area contributed by atoms with Crippen LogP contribution in [-0.4, -0.2) is 34.1 Å². The van der Waals surface area contributed by atoms with Crippen LogP contribution in [0.3, 0.4) is 0 Å². The first kappa shape index (κ1) is 19.7. The number of hydrogen-bond donors (Lipinski definition) is 2. The number of carbonyl (C=O) groups is 3. The van der Waals surface area contributed by atoms with Crippen molar-refractivity contribution in [3.05, 3.63) is 58.6 Å². The summed E-state index contributed by atoms with van der Waals surface area (Å²) in [7, 11) is 0. The lowest BCUT2D eigenvalue weighted by Crippen LogP contribution is -2.49. The fourth-order valence-corrected chi connectivity index (χ4v) is 4.03. The third-order valence-corrected chi connectivity index (χ3v) is 5.45. The van der Waals surface area contributed by atoms with E-state index >= 15 is 0 Å². The molecule has 2 atom stereocenters. The Morgan fingerprint density at radius 3 is 2.36 bits per heavy atom. The Balaban J connectivity index is 2.18. The quantitative estimate of drug-likeness (QED) is 0.789. The van der Waals surface area contributed by atoms with Gasteiger partial charge in [-0.3, -0.25) is 9.59 Å². The number of carboxylic acid groups (broad SMARTS) is 2. The molecule has 2 aromatic rings. The van der Waals surface area contributed by atoms with Gasteiger partial charge in [0.05, 0.1) is 6.42 Å². The molecule has 3 rings (SSSR count). The van der Waals surface area contributed by atoms with Crippen molar-refractivity contribution in [3.8, 4) is 5.75 Å². The third kappa shape index (κ3) is 3.29. The van der Waals surface area contributed by atoms with Gasteiger partial charge in [-0.1, -0.05) is 11.6 Å². The molecule has 0 aromatic heterocycles. The van der Waals surface area contributed by atoms with Crippen LogP contribution in [0.15, 0.2) is 42.5 Å². The minimum absolute atomic E-state index is 0.153. The summed E-state index contributed by atoms with van der Waals surface area (Å²) in [4.78, 5) is 37.6. The number of phenols is 1. The fourth-order valence-electron chi connectivity index (χ4n) is 3.91. The van der Waals surface area contributed by atoms with Crippen molar-refractivity contribution in [1.29, 1.82) is 0 Å². The number of fused-ring (bicyclic) bond motifs is 1. The Labute approximate surface area is 165 Å². The molecule has 8 heteroatoms. The van der Waals surface area contributed by atoms with Crippen molar-refractivity contribution in [3.63, 3.8) is 0 Å². The van der Waals surface area contributed by atoms with Crippen LogP contribution in [0.4, 0.5) is 5.69 Å². The molecule has 0 fully saturated rings. The van der Waals surface area contributed by atoms with Gasteiger partial charge in [-0.15, -0.1) is 0 Å². The highest BCUT2D eigenvalue weighted by Gasteiger charge is 2.52. The van der Waals surface area contributed by atoms with Gasteiger partial charge in [-0.2, -0.15) is 0 Å². The Morgan fingerprint density at radius 2 is 1.79 bits per heavy atom. The molecule has 0 saturated heterocycles. The molecule has 0 bridgehead atoms. The van der Waals surface area contributed by atoms with E-state index in [2.05, 4.69) is 0 Å². The second-order valence-electron chi connectivity index (χ2n) is 6.83. The van der Waals surface area contributed by atoms with Crippen molar-refractivity contribution < 1.29 is 29.7 Å². The van der Waals surface area contributed by atoms with Gasteiger partial charge in [-0.25, -0.2) is 0 Å². The normalized spacial score (nSPS) is 20.6. The third-order valence-electron chi connectivity index (χ3n) is 5.20. The van der Waals surface area contributed by atoms with Gasteiger partial charge >= 0.3 is 5.97 Å². The summed E-state index contributed by atoms with van der Waals surface area (Å²) in [5, 5.41) is 31.3. The summed E-state index contributed by atoms with van der Waals surface area (Å²) < 4.78 is 0. The highest BCUT2D eigenvalue weighted by Crippen LogP contribution is 2.51. The van der Waals surface area contributed by atoms with Crippen LogP contribution in [0, 0.1) is 0 Å². The van der Waals surface area contributed by atoms with Gasteiger partial charge in [0.1, 0.15) is 5.75 Å². The molecule has 2 aromatic carbocycles. The van der Waals surface area contributed by atoms with E-state index in [1.54, 1.807) is 19.1 Å². The Kier molecular flexibility index (Phi) is 5.04. The standard InChI is InChI=1S/C20H18ClNO6/c1-11-20(9-17(24)25,10-18(26)27)15-8-14(23)6-7-16(15)22(11)19(28)12-2-4-13(21)5-3-12/h2-8,11,23H,9-10H2,1H3,(H,24,25)(H,26,27)/p-1. The number of carboxylic acids is 2. The topological polar surface area (TPSA) is 118 Å². The molecule has 0 radical (unpaired) electrons. The van der Waals surface area contributed by atoms with Crippen LogP contribution < -0.4 is 10.0 Å². The smallest absolute Gasteiger partial charge is 0.304 e. The first-order valence-electron chi connectivity index (χ1n) is 8.50. The van der Waals surface area contributed by atoms with Gasteiger partial charge < -0.3 is 25.0 Å². The predicted octanol–water partition coefficient (Wildman–Crippen LogP) is 1.95. The Bertz CT molecular complexity index is 940. The maximum atomic E-state index is 13.2. The van der Waals surface area contributed by atoms with E-state index in [1.165, 1.54) is 35.2 Å². The van der Waals surface area contributed by atoms with Crippen LogP contribution in [-0.2, 0) is 15.0 Å². The predicted molar refractivity (Wildman–Crippen MR) is 99.4 cm³/mol. The molecule has 1 heterocycles. The summed E-state index contributed by atoms with van der Waals surface area (Å²) in [5.41, 5.74) is -0.489. The number of aromatic hydroxyl groups is 1. The summed E-state index contributed by atoms with van der Waals surface area (Å²) in [6.07, 6.45) is -1.15. The van der Waals surface area contributed by atoms with Crippen molar-refractivity contribution in [2.24, 2.45) is 0 Å². The number of nitrogens with zero attached hydrogens (tertiary/aromatic N) is 1. The lowest BCUT2D eigenvalue weighted by Gasteiger charge is -2.36. The number of carbonyl (C=O) groups excluding carboxylic acids is 2. The minimum atomic E-state index is -1.44. The number of hydrogen-bond acceptors (Lipinski definition) is 5. The molecule has 0 saturated carbocycles. The van der Waals surface area contributed by atoms with Crippen molar-refractivity contribution in [2.45, 2.75) is 31.2 Å². The molecular formula is C20H17ClNO6-. The van der Waals surface area contributed by atoms with E-state index in [4.69, 9.17) is 11.6 Å². The molecule has 1 aliphatic rings. The van der Waals surface area contributed by atoms with Gasteiger partial charge in [0.15, 0.2) is 0 Å². The maximum Gasteiger partial charge on any atom is 0.304 e. The zero-order valence-electron chi connectivity index (χ0n) is 14.9. The number of rotatable bonds is 5. The molecule has 1 amide bonds. The van der Waals surface area contributed by atoms with E-state index in [-0.39, 0.29) is 11.3 Å². The van der Waals surface area contributed by atoms with E-state index in [1.807, 2.05) is 0 Å². The highest BCUT2D eigenvalue weighted by molar-refractivity contribution is 6.30. The van der Waals surface area contributed by atoms with E-state index in [0.29, 0.717) is 16.3 Å². The Hall–Kier alpha value is -3.06. The second kappa shape index (κ2) is 7.16. The van der Waals surface area contributed by atoms with E-state index in [9.17, 15) is 29.7 Å². The van der Waals surface area contributed by atoms with E-state index in [0.717, 1.165) is 0 Å². The molecule has 0 aliphatic carbocycles. The molecular weight excluding hydrogens is 386 g/mol. The SMILES string of the molecule is CC1N(C(=O)c2ccc(Cl)cc2)c2ccc(O)cc2C1(CC(=O)[O-])CC(=O)O. The van der Waals surface area contributed by atoms with Crippen LogP contribution in [0.5, 0.6) is 5.75 Å². The monoisotopic (exact) mass is 402 g/mol. The molecule has 0 spiro atoms. The fraction of sp³-hybridized carbons (Fsp3) is 0.250. The van der Waals surface area contributed by atoms with Crippen molar-refractivity contribution in [1.82, 2.24) is 0 Å². The number of anilines is 1. The average Bonchev–Trinajstić information content (AvgIpc) is 2.82. The summed E-state index contributed by atoms with van der Waals surface area (Å²) in [6.45, 7) is 1.59. The number of aliphatic carboxylic acids is 2. The Morgan fingerprint density at radius 1 is 1.14 bits per heavy atom. The highest BCUT2D eigenvalue weighted by atomic mass is 35.5. The summed E-state index contributed by atoms with van der Waals surface area (Å²) in [5.74, 6) is -3.24. The average molecular weight is 403 g/mol. The van der Waals surface area contributed by atoms with Crippen LogP contribution in [0.1, 0.15) is 35.7 Å². The first-order valence-corrected chi connectivity index (χ1v) is 8.88. The minimum Gasteiger partial charge on any atom is -0.550 e. The summed E-state index contributed by atoms with van der Waals surface area (Å²) >= 11 is 5.87. The van der Waals surface area contributed by atoms with Crippen LogP contribution in [0.25, 0.3) is 0 Å². The van der Waals surface area contributed by atoms with Crippen LogP contribution >= 0.6 is 11.6 Å². The van der Waals surface area contributed by atoms with Crippen LogP contribution in [0.2, 0.25) is 5.02 Å². The molecule has 7 nitrogen and oxygen atoms in total. The summed E-state index contributed by atoms with van der Waals surface area (Å²) in [6, 6.07) is 9.53. The van der Waals surface area contributed by atoms with Gasteiger partial charge in [0.25, 0.3) is 5.91 Å². The van der Waals surface area contributed by atoms with Crippen molar-refractivity contribution >= 4 is 35.1 Å². The number of halogens is 1. The number of benzene rings is 2. The zero-order valence-corrected chi connectivity index (χ0v) is 15.6. The largest absolute Gasteiger partial charge is 0.550 e.